The van der Waals surface area contributed by atoms with Crippen LogP contribution in [0.1, 0.15) is 18.2 Å². The van der Waals surface area contributed by atoms with Gasteiger partial charge in [-0.3, -0.25) is 9.67 Å². The Morgan fingerprint density at radius 3 is 2.72 bits per heavy atom. The Labute approximate surface area is 145 Å². The minimum absolute atomic E-state index is 0.675. The van der Waals surface area contributed by atoms with Gasteiger partial charge < -0.3 is 5.32 Å². The van der Waals surface area contributed by atoms with Crippen molar-refractivity contribution in [2.75, 3.05) is 5.32 Å². The molecule has 4 heterocycles. The van der Waals surface area contributed by atoms with E-state index in [-0.39, 0.29) is 0 Å². The molecule has 25 heavy (non-hydrogen) atoms. The zero-order valence-electron chi connectivity index (χ0n) is 14.4. The Bertz CT molecular complexity index is 1030. The second-order valence-corrected chi connectivity index (χ2v) is 5.98. The molecule has 0 radical (unpaired) electrons. The maximum atomic E-state index is 4.53. The molecular weight excluding hydrogens is 314 g/mol. The molecule has 0 atom stereocenters. The Morgan fingerprint density at radius 1 is 1.08 bits per heavy atom. The van der Waals surface area contributed by atoms with Crippen LogP contribution in [0.15, 0.2) is 43.0 Å². The van der Waals surface area contributed by atoms with Gasteiger partial charge in [0.2, 0.25) is 0 Å². The molecule has 0 aliphatic carbocycles. The Hall–Kier alpha value is -3.22. The van der Waals surface area contributed by atoms with E-state index >= 15 is 0 Å². The van der Waals surface area contributed by atoms with Gasteiger partial charge in [0.1, 0.15) is 5.82 Å². The summed E-state index contributed by atoms with van der Waals surface area (Å²) < 4.78 is 3.76. The molecule has 0 aromatic carbocycles. The minimum Gasteiger partial charge on any atom is -0.322 e. The van der Waals surface area contributed by atoms with Gasteiger partial charge in [-0.1, -0.05) is 6.92 Å². The van der Waals surface area contributed by atoms with Gasteiger partial charge in [-0.2, -0.15) is 10.2 Å². The highest BCUT2D eigenvalue weighted by molar-refractivity contribution is 5.71. The van der Waals surface area contributed by atoms with Gasteiger partial charge in [0.25, 0.3) is 0 Å². The van der Waals surface area contributed by atoms with Gasteiger partial charge in [-0.05, 0) is 31.0 Å². The van der Waals surface area contributed by atoms with Crippen LogP contribution < -0.4 is 5.32 Å². The molecule has 0 aliphatic heterocycles. The fourth-order valence-electron chi connectivity index (χ4n) is 2.91. The second kappa shape index (κ2) is 6.01. The van der Waals surface area contributed by atoms with Gasteiger partial charge in [0.05, 0.1) is 35.5 Å². The van der Waals surface area contributed by atoms with Gasteiger partial charge in [-0.25, -0.2) is 9.50 Å². The first kappa shape index (κ1) is 15.3. The minimum atomic E-state index is 0.675. The van der Waals surface area contributed by atoms with Crippen LogP contribution in [0.25, 0.3) is 16.8 Å². The number of aromatic nitrogens is 6. The molecule has 0 saturated heterocycles. The van der Waals surface area contributed by atoms with Gasteiger partial charge in [0.15, 0.2) is 5.82 Å². The topological polar surface area (TPSA) is 72.9 Å². The molecule has 0 fully saturated rings. The van der Waals surface area contributed by atoms with Crippen molar-refractivity contribution in [2.45, 2.75) is 20.3 Å². The van der Waals surface area contributed by atoms with E-state index in [1.165, 1.54) is 5.56 Å². The number of fused-ring (bicyclic) bond motifs is 1. The van der Waals surface area contributed by atoms with Crippen molar-refractivity contribution in [1.29, 1.82) is 0 Å². The third-order valence-corrected chi connectivity index (χ3v) is 4.17. The second-order valence-electron chi connectivity index (χ2n) is 5.98. The van der Waals surface area contributed by atoms with Crippen LogP contribution in [-0.4, -0.2) is 29.4 Å². The molecule has 4 rings (SSSR count). The number of nitrogens with one attached hydrogen (secondary N) is 1. The summed E-state index contributed by atoms with van der Waals surface area (Å²) in [6, 6.07) is 6.17. The Balaban J connectivity index is 1.69. The predicted octanol–water partition coefficient (Wildman–Crippen LogP) is 3.14. The lowest BCUT2D eigenvalue weighted by Gasteiger charge is -2.05. The number of pyridine rings is 1. The van der Waals surface area contributed by atoms with Gasteiger partial charge >= 0.3 is 0 Å². The lowest BCUT2D eigenvalue weighted by molar-refractivity contribution is 0.775. The van der Waals surface area contributed by atoms with Gasteiger partial charge in [0, 0.05) is 24.9 Å². The average Bonchev–Trinajstić information content (AvgIpc) is 3.18. The smallest absolute Gasteiger partial charge is 0.154 e. The summed E-state index contributed by atoms with van der Waals surface area (Å²) >= 11 is 0. The molecule has 0 bridgehead atoms. The van der Waals surface area contributed by atoms with E-state index in [1.807, 2.05) is 41.6 Å². The van der Waals surface area contributed by atoms with Crippen molar-refractivity contribution >= 4 is 17.2 Å². The molecule has 7 heteroatoms. The first-order valence-electron chi connectivity index (χ1n) is 8.20. The van der Waals surface area contributed by atoms with Crippen LogP contribution in [0.5, 0.6) is 0 Å². The molecule has 0 amide bonds. The van der Waals surface area contributed by atoms with Crippen molar-refractivity contribution in [3.05, 3.63) is 54.2 Å². The zero-order chi connectivity index (χ0) is 17.4. The van der Waals surface area contributed by atoms with E-state index in [4.69, 9.17) is 0 Å². The van der Waals surface area contributed by atoms with Crippen LogP contribution in [0.2, 0.25) is 0 Å². The van der Waals surface area contributed by atoms with Gasteiger partial charge in [-0.15, -0.1) is 0 Å². The number of hydrogen-bond acceptors (Lipinski definition) is 5. The first-order chi connectivity index (χ1) is 12.1. The molecule has 126 valence electrons. The number of anilines is 2. The molecule has 0 unspecified atom stereocenters. The highest BCUT2D eigenvalue weighted by Crippen LogP contribution is 2.26. The Kier molecular flexibility index (Phi) is 3.68. The molecule has 0 saturated carbocycles. The van der Waals surface area contributed by atoms with E-state index in [0.29, 0.717) is 5.82 Å². The van der Waals surface area contributed by atoms with Crippen molar-refractivity contribution in [1.82, 2.24) is 29.4 Å². The quantitative estimate of drug-likeness (QED) is 0.621. The third-order valence-electron chi connectivity index (χ3n) is 4.17. The van der Waals surface area contributed by atoms with Crippen LogP contribution in [-0.2, 0) is 13.5 Å². The monoisotopic (exact) mass is 333 g/mol. The normalized spacial score (nSPS) is 11.2. The number of hydrogen-bond donors (Lipinski definition) is 1. The maximum absolute atomic E-state index is 4.53. The van der Waals surface area contributed by atoms with Crippen LogP contribution in [0, 0.1) is 6.92 Å². The summed E-state index contributed by atoms with van der Waals surface area (Å²) in [5.74, 6) is 1.41. The summed E-state index contributed by atoms with van der Waals surface area (Å²) in [6.45, 7) is 4.05. The number of nitrogens with zero attached hydrogens (tertiary/aromatic N) is 6. The van der Waals surface area contributed by atoms with E-state index in [0.717, 1.165) is 34.7 Å². The Morgan fingerprint density at radius 2 is 1.96 bits per heavy atom. The van der Waals surface area contributed by atoms with Crippen molar-refractivity contribution in [3.8, 4) is 11.3 Å². The molecule has 1 N–H and O–H groups in total. The predicted molar refractivity (Wildman–Crippen MR) is 96.8 cm³/mol. The molecule has 0 aliphatic rings. The molecular formula is C18H19N7. The third kappa shape index (κ3) is 2.84. The number of rotatable bonds is 4. The van der Waals surface area contributed by atoms with E-state index in [9.17, 15) is 0 Å². The molecule has 7 nitrogen and oxygen atoms in total. The summed E-state index contributed by atoms with van der Waals surface area (Å²) in [4.78, 5) is 8.54. The molecule has 4 aromatic heterocycles. The largest absolute Gasteiger partial charge is 0.322 e. The lowest BCUT2D eigenvalue weighted by Crippen LogP contribution is -1.97. The maximum Gasteiger partial charge on any atom is 0.154 e. The zero-order valence-corrected chi connectivity index (χ0v) is 14.4. The summed E-state index contributed by atoms with van der Waals surface area (Å²) in [5.41, 5.74) is 5.40. The fourth-order valence-corrected chi connectivity index (χ4v) is 2.91. The highest BCUT2D eigenvalue weighted by atomic mass is 15.3. The van der Waals surface area contributed by atoms with Crippen molar-refractivity contribution in [3.63, 3.8) is 0 Å². The summed E-state index contributed by atoms with van der Waals surface area (Å²) in [7, 11) is 1.97. The molecule has 4 aromatic rings. The van der Waals surface area contributed by atoms with Crippen molar-refractivity contribution < 1.29 is 0 Å². The highest BCUT2D eigenvalue weighted by Gasteiger charge is 2.11. The first-order valence-corrected chi connectivity index (χ1v) is 8.20. The fraction of sp³-hybridized carbons (Fsp3) is 0.222. The lowest BCUT2D eigenvalue weighted by atomic mass is 10.1. The van der Waals surface area contributed by atoms with E-state index < -0.39 is 0 Å². The van der Waals surface area contributed by atoms with Crippen LogP contribution >= 0.6 is 0 Å². The number of aryl methyl sites for hydroxylation is 3. The average molecular weight is 333 g/mol. The van der Waals surface area contributed by atoms with E-state index in [2.05, 4.69) is 44.5 Å². The molecule has 0 spiro atoms. The SMILES string of the molecule is CCc1cnn(C)c1-c1ccn2nc(Nc3cnc(C)cn3)cc2c1. The van der Waals surface area contributed by atoms with Crippen LogP contribution in [0.3, 0.4) is 0 Å². The summed E-state index contributed by atoms with van der Waals surface area (Å²) in [6.07, 6.45) is 8.27. The van der Waals surface area contributed by atoms with E-state index in [1.54, 1.807) is 12.4 Å². The summed E-state index contributed by atoms with van der Waals surface area (Å²) in [5, 5.41) is 12.1. The standard InChI is InChI=1S/C18H19N7/c1-4-13-10-21-24(3)18(13)14-5-6-25-15(7-14)8-16(23-25)22-17-11-19-12(2)9-20-17/h5-11H,4H2,1-3H3,(H,20,22,23). The van der Waals surface area contributed by atoms with Crippen LogP contribution in [0.4, 0.5) is 11.6 Å². The van der Waals surface area contributed by atoms with Crippen molar-refractivity contribution in [2.24, 2.45) is 7.05 Å².